The van der Waals surface area contributed by atoms with Gasteiger partial charge in [-0.3, -0.25) is 9.69 Å². The first-order chi connectivity index (χ1) is 10.1. The van der Waals surface area contributed by atoms with Crippen LogP contribution in [-0.2, 0) is 4.79 Å². The van der Waals surface area contributed by atoms with E-state index < -0.39 is 0 Å². The molecule has 116 valence electrons. The molecule has 4 heteroatoms. The van der Waals surface area contributed by atoms with E-state index in [1.807, 2.05) is 31.2 Å². The molecule has 2 N–H and O–H groups in total. The van der Waals surface area contributed by atoms with E-state index in [2.05, 4.69) is 29.4 Å². The third kappa shape index (κ3) is 4.83. The number of likely N-dealkylation sites (tertiary alicyclic amines) is 1. The average Bonchev–Trinajstić information content (AvgIpc) is 2.42. The number of amides is 1. The van der Waals surface area contributed by atoms with Gasteiger partial charge < -0.3 is 10.6 Å². The van der Waals surface area contributed by atoms with Gasteiger partial charge in [-0.05, 0) is 43.5 Å². The maximum absolute atomic E-state index is 12.1. The van der Waals surface area contributed by atoms with Crippen LogP contribution in [0.15, 0.2) is 24.3 Å². The largest absolute Gasteiger partial charge is 0.325 e. The van der Waals surface area contributed by atoms with Crippen molar-refractivity contribution in [2.75, 3.05) is 31.5 Å². The second-order valence-electron chi connectivity index (χ2n) is 6.08. The first-order valence-electron chi connectivity index (χ1n) is 7.90. The van der Waals surface area contributed by atoms with Gasteiger partial charge in [-0.15, -0.1) is 0 Å². The Morgan fingerprint density at radius 3 is 2.90 bits per heavy atom. The molecule has 1 aliphatic heterocycles. The number of hydrogen-bond donors (Lipinski definition) is 2. The average molecular weight is 289 g/mol. The minimum absolute atomic E-state index is 0.0784. The fraction of sp³-hybridized carbons (Fsp3) is 0.588. The Hall–Kier alpha value is -1.39. The van der Waals surface area contributed by atoms with Gasteiger partial charge >= 0.3 is 0 Å². The summed E-state index contributed by atoms with van der Waals surface area (Å²) in [6.45, 7) is 9.91. The number of anilines is 1. The van der Waals surface area contributed by atoms with E-state index >= 15 is 0 Å². The summed E-state index contributed by atoms with van der Waals surface area (Å²) in [6.07, 6.45) is 1.12. The molecule has 1 aromatic rings. The van der Waals surface area contributed by atoms with E-state index in [9.17, 15) is 4.79 Å². The van der Waals surface area contributed by atoms with Crippen molar-refractivity contribution >= 4 is 11.6 Å². The van der Waals surface area contributed by atoms with Crippen molar-refractivity contribution in [3.8, 4) is 0 Å². The number of nitrogens with one attached hydrogen (secondary N) is 2. The fourth-order valence-corrected chi connectivity index (χ4v) is 3.07. The number of hydrogen-bond acceptors (Lipinski definition) is 3. The van der Waals surface area contributed by atoms with Gasteiger partial charge in [0.2, 0.25) is 5.91 Å². The lowest BCUT2D eigenvalue weighted by molar-refractivity contribution is -0.117. The van der Waals surface area contributed by atoms with Crippen LogP contribution in [0, 0.1) is 12.8 Å². The number of benzene rings is 1. The molecule has 2 rings (SSSR count). The summed E-state index contributed by atoms with van der Waals surface area (Å²) >= 11 is 0. The highest BCUT2D eigenvalue weighted by molar-refractivity contribution is 5.92. The van der Waals surface area contributed by atoms with Crippen LogP contribution < -0.4 is 10.6 Å². The van der Waals surface area contributed by atoms with Crippen molar-refractivity contribution < 1.29 is 4.79 Å². The quantitative estimate of drug-likeness (QED) is 0.874. The van der Waals surface area contributed by atoms with Crippen molar-refractivity contribution in [3.05, 3.63) is 29.8 Å². The van der Waals surface area contributed by atoms with Crippen LogP contribution in [0.5, 0.6) is 0 Å². The molecule has 0 radical (unpaired) electrons. The summed E-state index contributed by atoms with van der Waals surface area (Å²) in [4.78, 5) is 14.4. The number of piperidine rings is 1. The molecule has 0 saturated carbocycles. The van der Waals surface area contributed by atoms with Crippen molar-refractivity contribution in [1.82, 2.24) is 10.2 Å². The number of carbonyl (C=O) groups is 1. The molecule has 0 spiro atoms. The third-order valence-electron chi connectivity index (χ3n) is 4.12. The molecule has 1 amide bonds. The third-order valence-corrected chi connectivity index (χ3v) is 4.12. The van der Waals surface area contributed by atoms with Gasteiger partial charge in [0, 0.05) is 24.8 Å². The zero-order valence-corrected chi connectivity index (χ0v) is 13.4. The van der Waals surface area contributed by atoms with E-state index in [1.165, 1.54) is 0 Å². The number of nitrogens with zero attached hydrogens (tertiary/aromatic N) is 1. The minimum atomic E-state index is 0.0784. The number of aryl methyl sites for hydroxylation is 1. The lowest BCUT2D eigenvalue weighted by atomic mass is 9.94. The molecule has 0 aromatic heterocycles. The van der Waals surface area contributed by atoms with Crippen LogP contribution in [0.4, 0.5) is 5.69 Å². The number of rotatable bonds is 5. The molecule has 4 nitrogen and oxygen atoms in total. The minimum Gasteiger partial charge on any atom is -0.325 e. The molecule has 2 atom stereocenters. The first kappa shape index (κ1) is 16.0. The van der Waals surface area contributed by atoms with Crippen molar-refractivity contribution in [2.24, 2.45) is 5.92 Å². The molecule has 2 unspecified atom stereocenters. The Kier molecular flexibility index (Phi) is 5.76. The van der Waals surface area contributed by atoms with Gasteiger partial charge in [0.1, 0.15) is 0 Å². The van der Waals surface area contributed by atoms with Crippen LogP contribution in [0.3, 0.4) is 0 Å². The van der Waals surface area contributed by atoms with E-state index in [0.29, 0.717) is 18.5 Å². The Morgan fingerprint density at radius 2 is 2.24 bits per heavy atom. The van der Waals surface area contributed by atoms with Crippen molar-refractivity contribution in [1.29, 1.82) is 0 Å². The van der Waals surface area contributed by atoms with Crippen LogP contribution in [0.2, 0.25) is 0 Å². The Balaban J connectivity index is 1.81. The van der Waals surface area contributed by atoms with Gasteiger partial charge in [-0.2, -0.15) is 0 Å². The van der Waals surface area contributed by atoms with Crippen LogP contribution in [-0.4, -0.2) is 43.0 Å². The second kappa shape index (κ2) is 7.57. The highest BCUT2D eigenvalue weighted by Gasteiger charge is 2.26. The molecule has 0 aliphatic carbocycles. The smallest absolute Gasteiger partial charge is 0.238 e. The SMILES string of the molecule is CCNC1CCN(CC(=O)Nc2cccc(C)c2)CC1C. The lowest BCUT2D eigenvalue weighted by Crippen LogP contribution is -2.49. The summed E-state index contributed by atoms with van der Waals surface area (Å²) in [5, 5.41) is 6.51. The van der Waals surface area contributed by atoms with E-state index in [-0.39, 0.29) is 5.91 Å². The van der Waals surface area contributed by atoms with Crippen LogP contribution in [0.25, 0.3) is 0 Å². The molecule has 1 saturated heterocycles. The Bertz CT molecular complexity index is 475. The molecule has 1 aliphatic rings. The Morgan fingerprint density at radius 1 is 1.43 bits per heavy atom. The second-order valence-corrected chi connectivity index (χ2v) is 6.08. The summed E-state index contributed by atoms with van der Waals surface area (Å²) in [6, 6.07) is 8.52. The molecule has 1 aromatic carbocycles. The molecule has 1 heterocycles. The number of carbonyl (C=O) groups excluding carboxylic acids is 1. The predicted molar refractivity (Wildman–Crippen MR) is 87.5 cm³/mol. The van der Waals surface area contributed by atoms with Gasteiger partial charge in [-0.25, -0.2) is 0 Å². The van der Waals surface area contributed by atoms with Crippen molar-refractivity contribution in [2.45, 2.75) is 33.2 Å². The summed E-state index contributed by atoms with van der Waals surface area (Å²) in [5.41, 5.74) is 2.04. The lowest BCUT2D eigenvalue weighted by Gasteiger charge is -2.36. The van der Waals surface area contributed by atoms with Crippen LogP contribution >= 0.6 is 0 Å². The van der Waals surface area contributed by atoms with Gasteiger partial charge in [0.05, 0.1) is 6.54 Å². The summed E-state index contributed by atoms with van der Waals surface area (Å²) < 4.78 is 0. The van der Waals surface area contributed by atoms with Gasteiger partial charge in [-0.1, -0.05) is 26.0 Å². The first-order valence-corrected chi connectivity index (χ1v) is 7.90. The molecular weight excluding hydrogens is 262 g/mol. The highest BCUT2D eigenvalue weighted by atomic mass is 16.2. The van der Waals surface area contributed by atoms with Crippen molar-refractivity contribution in [3.63, 3.8) is 0 Å². The normalized spacial score (nSPS) is 23.0. The molecule has 0 bridgehead atoms. The predicted octanol–water partition coefficient (Wildman–Crippen LogP) is 2.25. The van der Waals surface area contributed by atoms with Gasteiger partial charge in [0.15, 0.2) is 0 Å². The summed E-state index contributed by atoms with van der Waals surface area (Å²) in [7, 11) is 0. The standard InChI is InChI=1S/C17H27N3O/c1-4-18-16-8-9-20(11-14(16)3)12-17(21)19-15-7-5-6-13(2)10-15/h5-7,10,14,16,18H,4,8-9,11-12H2,1-3H3,(H,19,21). The summed E-state index contributed by atoms with van der Waals surface area (Å²) in [5.74, 6) is 0.667. The monoisotopic (exact) mass is 289 g/mol. The van der Waals surface area contributed by atoms with Gasteiger partial charge in [0.25, 0.3) is 0 Å². The zero-order valence-electron chi connectivity index (χ0n) is 13.4. The molecular formula is C17H27N3O. The van der Waals surface area contributed by atoms with E-state index in [0.717, 1.165) is 37.3 Å². The Labute approximate surface area is 127 Å². The van der Waals surface area contributed by atoms with Crippen LogP contribution in [0.1, 0.15) is 25.8 Å². The maximum atomic E-state index is 12.1. The highest BCUT2D eigenvalue weighted by Crippen LogP contribution is 2.17. The zero-order chi connectivity index (χ0) is 15.2. The molecule has 21 heavy (non-hydrogen) atoms. The van der Waals surface area contributed by atoms with E-state index in [4.69, 9.17) is 0 Å². The fourth-order valence-electron chi connectivity index (χ4n) is 3.07. The maximum Gasteiger partial charge on any atom is 0.238 e. The van der Waals surface area contributed by atoms with E-state index in [1.54, 1.807) is 0 Å². The molecule has 1 fully saturated rings. The topological polar surface area (TPSA) is 44.4 Å².